The molecule has 2 heterocycles. The van der Waals surface area contributed by atoms with Crippen LogP contribution in [0.25, 0.3) is 0 Å². The summed E-state index contributed by atoms with van der Waals surface area (Å²) in [5, 5.41) is 11.7. The Balaban J connectivity index is 1.70. The molecule has 0 aliphatic rings. The van der Waals surface area contributed by atoms with E-state index in [0.717, 1.165) is 41.4 Å². The number of H-pyrrole nitrogens is 1. The van der Waals surface area contributed by atoms with Crippen LogP contribution in [0.1, 0.15) is 28.3 Å². The predicted octanol–water partition coefficient (Wildman–Crippen LogP) is 2.46. The van der Waals surface area contributed by atoms with Crippen LogP contribution in [-0.4, -0.2) is 32.1 Å². The van der Waals surface area contributed by atoms with Gasteiger partial charge in [-0.15, -0.1) is 0 Å². The zero-order valence-corrected chi connectivity index (χ0v) is 13.7. The van der Waals surface area contributed by atoms with Crippen LogP contribution in [-0.2, 0) is 19.4 Å². The van der Waals surface area contributed by atoms with E-state index in [9.17, 15) is 0 Å². The number of hydrogen-bond acceptors (Lipinski definition) is 4. The smallest absolute Gasteiger partial charge is 0.138 e. The average Bonchev–Trinajstić information content (AvgIpc) is 3.13. The molecule has 0 aliphatic carbocycles. The van der Waals surface area contributed by atoms with Gasteiger partial charge in [-0.05, 0) is 43.5 Å². The minimum Gasteiger partial charge on any atom is -0.497 e. The third-order valence-electron chi connectivity index (χ3n) is 4.10. The number of aromatic amines is 1. The number of ether oxygens (including phenoxy) is 1. The highest BCUT2D eigenvalue weighted by Gasteiger charge is 2.10. The van der Waals surface area contributed by atoms with E-state index in [4.69, 9.17) is 4.74 Å². The monoisotopic (exact) mass is 311 g/mol. The Kier molecular flexibility index (Phi) is 4.41. The summed E-state index contributed by atoms with van der Waals surface area (Å²) in [4.78, 5) is 4.39. The molecule has 0 saturated carbocycles. The summed E-state index contributed by atoms with van der Waals surface area (Å²) in [6.07, 6.45) is 3.28. The lowest BCUT2D eigenvalue weighted by Crippen LogP contribution is -2.08. The van der Waals surface area contributed by atoms with Crippen molar-refractivity contribution in [3.05, 3.63) is 58.9 Å². The van der Waals surface area contributed by atoms with E-state index in [1.165, 1.54) is 5.56 Å². The van der Waals surface area contributed by atoms with E-state index in [1.807, 2.05) is 29.8 Å². The van der Waals surface area contributed by atoms with Crippen LogP contribution in [0.5, 0.6) is 5.75 Å². The minimum atomic E-state index is 0.686. The van der Waals surface area contributed by atoms with Gasteiger partial charge in [0.15, 0.2) is 0 Å². The quantitative estimate of drug-likeness (QED) is 0.759. The highest BCUT2D eigenvalue weighted by molar-refractivity contribution is 5.28. The molecule has 6 heteroatoms. The first-order valence-corrected chi connectivity index (χ1v) is 7.67. The van der Waals surface area contributed by atoms with Crippen LogP contribution >= 0.6 is 0 Å². The Morgan fingerprint density at radius 1 is 1.22 bits per heavy atom. The van der Waals surface area contributed by atoms with Crippen LogP contribution in [0.2, 0.25) is 0 Å². The van der Waals surface area contributed by atoms with Crippen molar-refractivity contribution in [1.29, 1.82) is 0 Å². The molecule has 0 fully saturated rings. The molecule has 0 unspecified atom stereocenters. The van der Waals surface area contributed by atoms with E-state index in [1.54, 1.807) is 13.4 Å². The van der Waals surface area contributed by atoms with Crippen molar-refractivity contribution in [3.8, 4) is 5.75 Å². The maximum atomic E-state index is 5.27. The van der Waals surface area contributed by atoms with Crippen LogP contribution in [0.15, 0.2) is 30.6 Å². The van der Waals surface area contributed by atoms with Gasteiger partial charge in [0.2, 0.25) is 0 Å². The zero-order valence-electron chi connectivity index (χ0n) is 13.7. The maximum Gasteiger partial charge on any atom is 0.138 e. The summed E-state index contributed by atoms with van der Waals surface area (Å²) >= 11 is 0. The Hall–Kier alpha value is -2.63. The fourth-order valence-electron chi connectivity index (χ4n) is 2.57. The second-order valence-electron chi connectivity index (χ2n) is 5.61. The molecule has 2 aromatic heterocycles. The largest absolute Gasteiger partial charge is 0.497 e. The Morgan fingerprint density at radius 2 is 2.09 bits per heavy atom. The number of aryl methyl sites for hydroxylation is 3. The van der Waals surface area contributed by atoms with Crippen molar-refractivity contribution < 1.29 is 4.74 Å². The van der Waals surface area contributed by atoms with Gasteiger partial charge in [0.05, 0.1) is 19.3 Å². The molecule has 0 spiro atoms. The summed E-state index contributed by atoms with van der Waals surface area (Å²) in [6, 6.07) is 8.01. The number of rotatable bonds is 6. The standard InChI is InChI=1S/C17H21N5O/c1-12-13(2)20-21-16(12)7-8-17-18-11-19-22(17)10-14-5-4-6-15(9-14)23-3/h4-6,9,11H,7-8,10H2,1-3H3,(H,20,21). The van der Waals surface area contributed by atoms with Crippen LogP contribution < -0.4 is 4.74 Å². The maximum absolute atomic E-state index is 5.27. The van der Waals surface area contributed by atoms with Gasteiger partial charge in [-0.1, -0.05) is 12.1 Å². The highest BCUT2D eigenvalue weighted by Crippen LogP contribution is 2.15. The molecule has 0 amide bonds. The normalized spacial score (nSPS) is 10.9. The molecule has 3 aromatic rings. The van der Waals surface area contributed by atoms with Gasteiger partial charge in [-0.3, -0.25) is 5.10 Å². The second kappa shape index (κ2) is 6.64. The molecule has 120 valence electrons. The number of aromatic nitrogens is 5. The Labute approximate surface area is 135 Å². The molecule has 1 N–H and O–H groups in total. The molecular weight excluding hydrogens is 290 g/mol. The minimum absolute atomic E-state index is 0.686. The molecule has 0 radical (unpaired) electrons. The summed E-state index contributed by atoms with van der Waals surface area (Å²) in [5.74, 6) is 1.82. The van der Waals surface area contributed by atoms with Crippen molar-refractivity contribution in [2.45, 2.75) is 33.2 Å². The lowest BCUT2D eigenvalue weighted by Gasteiger charge is -2.07. The van der Waals surface area contributed by atoms with Gasteiger partial charge in [0, 0.05) is 12.1 Å². The number of benzene rings is 1. The molecule has 0 aliphatic heterocycles. The van der Waals surface area contributed by atoms with Crippen molar-refractivity contribution in [2.24, 2.45) is 0 Å². The van der Waals surface area contributed by atoms with E-state index < -0.39 is 0 Å². The van der Waals surface area contributed by atoms with Gasteiger partial charge >= 0.3 is 0 Å². The van der Waals surface area contributed by atoms with Crippen LogP contribution in [0.3, 0.4) is 0 Å². The summed E-state index contributed by atoms with van der Waals surface area (Å²) in [5.41, 5.74) is 4.59. The summed E-state index contributed by atoms with van der Waals surface area (Å²) in [6.45, 7) is 4.82. The van der Waals surface area contributed by atoms with Crippen molar-refractivity contribution in [3.63, 3.8) is 0 Å². The molecule has 0 saturated heterocycles. The number of nitrogens with zero attached hydrogens (tertiary/aromatic N) is 4. The van der Waals surface area contributed by atoms with Crippen molar-refractivity contribution in [1.82, 2.24) is 25.0 Å². The third kappa shape index (κ3) is 3.41. The average molecular weight is 311 g/mol. The molecule has 0 atom stereocenters. The van der Waals surface area contributed by atoms with E-state index in [0.29, 0.717) is 6.54 Å². The van der Waals surface area contributed by atoms with Gasteiger partial charge in [0.25, 0.3) is 0 Å². The van der Waals surface area contributed by atoms with E-state index in [2.05, 4.69) is 33.3 Å². The van der Waals surface area contributed by atoms with Gasteiger partial charge < -0.3 is 4.74 Å². The van der Waals surface area contributed by atoms with Crippen molar-refractivity contribution >= 4 is 0 Å². The Morgan fingerprint density at radius 3 is 2.83 bits per heavy atom. The summed E-state index contributed by atoms with van der Waals surface area (Å²) in [7, 11) is 1.67. The first kappa shape index (κ1) is 15.3. The van der Waals surface area contributed by atoms with Crippen LogP contribution in [0.4, 0.5) is 0 Å². The lowest BCUT2D eigenvalue weighted by atomic mass is 10.1. The van der Waals surface area contributed by atoms with Gasteiger partial charge in [-0.2, -0.15) is 10.2 Å². The third-order valence-corrected chi connectivity index (χ3v) is 4.10. The molecule has 0 bridgehead atoms. The fraction of sp³-hybridized carbons (Fsp3) is 0.353. The van der Waals surface area contributed by atoms with Crippen molar-refractivity contribution in [2.75, 3.05) is 7.11 Å². The van der Waals surface area contributed by atoms with Gasteiger partial charge in [-0.25, -0.2) is 9.67 Å². The predicted molar refractivity (Wildman–Crippen MR) is 87.6 cm³/mol. The molecule has 23 heavy (non-hydrogen) atoms. The topological polar surface area (TPSA) is 68.6 Å². The van der Waals surface area contributed by atoms with Gasteiger partial charge in [0.1, 0.15) is 17.9 Å². The molecule has 6 nitrogen and oxygen atoms in total. The molecular formula is C17H21N5O. The molecule has 1 aromatic carbocycles. The fourth-order valence-corrected chi connectivity index (χ4v) is 2.57. The second-order valence-corrected chi connectivity index (χ2v) is 5.61. The zero-order chi connectivity index (χ0) is 16.2. The van der Waals surface area contributed by atoms with Crippen LogP contribution in [0, 0.1) is 13.8 Å². The van der Waals surface area contributed by atoms with E-state index in [-0.39, 0.29) is 0 Å². The number of nitrogens with one attached hydrogen (secondary N) is 1. The summed E-state index contributed by atoms with van der Waals surface area (Å²) < 4.78 is 7.20. The Bertz CT molecular complexity index is 790. The number of hydrogen-bond donors (Lipinski definition) is 1. The number of methoxy groups -OCH3 is 1. The van der Waals surface area contributed by atoms with E-state index >= 15 is 0 Å². The SMILES string of the molecule is COc1cccc(Cn2ncnc2CCc2n[nH]c(C)c2C)c1. The highest BCUT2D eigenvalue weighted by atomic mass is 16.5. The first-order valence-electron chi connectivity index (χ1n) is 7.67. The molecule has 3 rings (SSSR count). The lowest BCUT2D eigenvalue weighted by molar-refractivity contribution is 0.414. The first-order chi connectivity index (χ1) is 11.2.